The number of rotatable bonds is 4. The molecule has 22 heavy (non-hydrogen) atoms. The first-order valence-electron chi connectivity index (χ1n) is 7.68. The summed E-state index contributed by atoms with van der Waals surface area (Å²) in [4.78, 5) is 23.4. The standard InChI is InChI=1S/C16H20N2O2S2/c1-9(2)20-16(19)10(3)21-14-13-11-6-4-5-7-12(11)22-15(13)18-8-17-14/h8-10H,4-7H2,1-3H3/t10-/m0/s1. The second kappa shape index (κ2) is 6.54. The molecule has 1 atom stereocenters. The van der Waals surface area contributed by atoms with Crippen molar-refractivity contribution >= 4 is 39.3 Å². The fraction of sp³-hybridized carbons (Fsp3) is 0.562. The third-order valence-corrected chi connectivity index (χ3v) is 5.97. The molecule has 1 aliphatic carbocycles. The van der Waals surface area contributed by atoms with Gasteiger partial charge in [0, 0.05) is 10.3 Å². The van der Waals surface area contributed by atoms with Gasteiger partial charge >= 0.3 is 5.97 Å². The molecule has 0 radical (unpaired) electrons. The van der Waals surface area contributed by atoms with Gasteiger partial charge in [0.2, 0.25) is 0 Å². The largest absolute Gasteiger partial charge is 0.462 e. The van der Waals surface area contributed by atoms with Gasteiger partial charge < -0.3 is 4.74 Å². The number of esters is 1. The molecule has 0 bridgehead atoms. The van der Waals surface area contributed by atoms with Crippen LogP contribution in [-0.4, -0.2) is 27.3 Å². The normalized spacial score (nSPS) is 15.8. The Hall–Kier alpha value is -1.14. The predicted molar refractivity (Wildman–Crippen MR) is 90.6 cm³/mol. The van der Waals surface area contributed by atoms with Gasteiger partial charge in [-0.15, -0.1) is 11.3 Å². The molecule has 6 heteroatoms. The van der Waals surface area contributed by atoms with Crippen LogP contribution in [0.2, 0.25) is 0 Å². The van der Waals surface area contributed by atoms with E-state index in [1.165, 1.54) is 35.0 Å². The molecule has 0 unspecified atom stereocenters. The predicted octanol–water partition coefficient (Wildman–Crippen LogP) is 4.00. The minimum atomic E-state index is -0.264. The summed E-state index contributed by atoms with van der Waals surface area (Å²) in [7, 11) is 0. The zero-order valence-electron chi connectivity index (χ0n) is 13.1. The molecular formula is C16H20N2O2S2. The molecule has 3 rings (SSSR count). The molecule has 1 aliphatic rings. The minimum absolute atomic E-state index is 0.0881. The Morgan fingerprint density at radius 1 is 1.27 bits per heavy atom. The van der Waals surface area contributed by atoms with E-state index in [9.17, 15) is 4.79 Å². The monoisotopic (exact) mass is 336 g/mol. The SMILES string of the molecule is CC(C)OC(=O)[C@H](C)Sc1ncnc2sc3c(c12)CCCC3. The van der Waals surface area contributed by atoms with Crippen LogP contribution in [0.25, 0.3) is 10.2 Å². The molecule has 0 aliphatic heterocycles. The zero-order chi connectivity index (χ0) is 15.7. The van der Waals surface area contributed by atoms with E-state index in [1.807, 2.05) is 20.8 Å². The van der Waals surface area contributed by atoms with E-state index in [2.05, 4.69) is 9.97 Å². The zero-order valence-corrected chi connectivity index (χ0v) is 14.7. The van der Waals surface area contributed by atoms with Gasteiger partial charge in [-0.05, 0) is 52.0 Å². The molecule has 0 saturated heterocycles. The number of carbonyl (C=O) groups is 1. The lowest BCUT2D eigenvalue weighted by atomic mass is 9.97. The smallest absolute Gasteiger partial charge is 0.319 e. The van der Waals surface area contributed by atoms with Gasteiger partial charge in [0.1, 0.15) is 21.4 Å². The van der Waals surface area contributed by atoms with E-state index < -0.39 is 0 Å². The third kappa shape index (κ3) is 3.13. The summed E-state index contributed by atoms with van der Waals surface area (Å²) < 4.78 is 5.29. The van der Waals surface area contributed by atoms with Crippen LogP contribution in [0.3, 0.4) is 0 Å². The van der Waals surface area contributed by atoms with E-state index in [0.29, 0.717) is 0 Å². The number of aryl methyl sites for hydroxylation is 2. The molecule has 0 spiro atoms. The minimum Gasteiger partial charge on any atom is -0.462 e. The van der Waals surface area contributed by atoms with Crippen molar-refractivity contribution in [2.75, 3.05) is 0 Å². The molecule has 2 aromatic heterocycles. The molecule has 2 heterocycles. The summed E-state index contributed by atoms with van der Waals surface area (Å²) in [6.45, 7) is 5.61. The number of thiophene rings is 1. The van der Waals surface area contributed by atoms with Crippen LogP contribution in [-0.2, 0) is 22.4 Å². The van der Waals surface area contributed by atoms with Gasteiger partial charge in [-0.25, -0.2) is 9.97 Å². The number of thioether (sulfide) groups is 1. The lowest BCUT2D eigenvalue weighted by molar-refractivity contribution is -0.146. The van der Waals surface area contributed by atoms with Gasteiger partial charge in [-0.1, -0.05) is 11.8 Å². The molecule has 0 amide bonds. The average Bonchev–Trinajstić information content (AvgIpc) is 2.85. The Kier molecular flexibility index (Phi) is 4.68. The number of hydrogen-bond acceptors (Lipinski definition) is 6. The highest BCUT2D eigenvalue weighted by atomic mass is 32.2. The first-order valence-corrected chi connectivity index (χ1v) is 9.38. The summed E-state index contributed by atoms with van der Waals surface area (Å²) in [6, 6.07) is 0. The van der Waals surface area contributed by atoms with Crippen molar-refractivity contribution in [3.8, 4) is 0 Å². The van der Waals surface area contributed by atoms with Gasteiger partial charge in [0.25, 0.3) is 0 Å². The molecule has 118 valence electrons. The van der Waals surface area contributed by atoms with Gasteiger partial charge in [-0.3, -0.25) is 4.79 Å². The van der Waals surface area contributed by atoms with E-state index in [4.69, 9.17) is 4.74 Å². The molecular weight excluding hydrogens is 316 g/mol. The van der Waals surface area contributed by atoms with Crippen LogP contribution in [0.15, 0.2) is 11.4 Å². The van der Waals surface area contributed by atoms with Crippen molar-refractivity contribution < 1.29 is 9.53 Å². The van der Waals surface area contributed by atoms with E-state index in [0.717, 1.165) is 28.1 Å². The Labute approximate surface area is 138 Å². The van der Waals surface area contributed by atoms with Crippen molar-refractivity contribution in [3.05, 3.63) is 16.8 Å². The number of carbonyl (C=O) groups excluding carboxylic acids is 1. The average molecular weight is 336 g/mol. The summed E-state index contributed by atoms with van der Waals surface area (Å²) in [6.07, 6.45) is 6.24. The highest BCUT2D eigenvalue weighted by Gasteiger charge is 2.23. The number of ether oxygens (including phenoxy) is 1. The number of nitrogens with zero attached hydrogens (tertiary/aromatic N) is 2. The van der Waals surface area contributed by atoms with E-state index in [1.54, 1.807) is 17.7 Å². The van der Waals surface area contributed by atoms with Gasteiger partial charge in [0.05, 0.1) is 6.10 Å². The van der Waals surface area contributed by atoms with Crippen LogP contribution in [0.1, 0.15) is 44.1 Å². The van der Waals surface area contributed by atoms with Crippen LogP contribution in [0.5, 0.6) is 0 Å². The van der Waals surface area contributed by atoms with Gasteiger partial charge in [0.15, 0.2) is 0 Å². The number of hydrogen-bond donors (Lipinski definition) is 0. The summed E-state index contributed by atoms with van der Waals surface area (Å²) >= 11 is 3.26. The topological polar surface area (TPSA) is 52.1 Å². The lowest BCUT2D eigenvalue weighted by Crippen LogP contribution is -2.20. The molecule has 0 saturated carbocycles. The highest BCUT2D eigenvalue weighted by Crippen LogP contribution is 2.40. The van der Waals surface area contributed by atoms with Crippen molar-refractivity contribution in [1.29, 1.82) is 0 Å². The Morgan fingerprint density at radius 3 is 2.82 bits per heavy atom. The number of aromatic nitrogens is 2. The van der Waals surface area contributed by atoms with Crippen molar-refractivity contribution in [3.63, 3.8) is 0 Å². The quantitative estimate of drug-likeness (QED) is 0.480. The summed E-state index contributed by atoms with van der Waals surface area (Å²) in [5, 5.41) is 1.81. The molecule has 0 fully saturated rings. The Balaban J connectivity index is 1.90. The third-order valence-electron chi connectivity index (χ3n) is 3.69. The summed E-state index contributed by atoms with van der Waals surface area (Å²) in [5.74, 6) is -0.184. The first kappa shape index (κ1) is 15.7. The maximum atomic E-state index is 12.0. The maximum absolute atomic E-state index is 12.0. The maximum Gasteiger partial charge on any atom is 0.319 e. The second-order valence-corrected chi connectivity index (χ2v) is 8.23. The molecule has 4 nitrogen and oxygen atoms in total. The highest BCUT2D eigenvalue weighted by molar-refractivity contribution is 8.00. The van der Waals surface area contributed by atoms with E-state index >= 15 is 0 Å². The van der Waals surface area contributed by atoms with Crippen LogP contribution < -0.4 is 0 Å². The van der Waals surface area contributed by atoms with Crippen LogP contribution in [0, 0.1) is 0 Å². The molecule has 0 N–H and O–H groups in total. The fourth-order valence-electron chi connectivity index (χ4n) is 2.69. The lowest BCUT2D eigenvalue weighted by Gasteiger charge is -2.14. The van der Waals surface area contributed by atoms with Crippen LogP contribution in [0.4, 0.5) is 0 Å². The molecule has 2 aromatic rings. The second-order valence-electron chi connectivity index (χ2n) is 5.82. The number of fused-ring (bicyclic) bond motifs is 3. The van der Waals surface area contributed by atoms with Crippen LogP contribution >= 0.6 is 23.1 Å². The Morgan fingerprint density at radius 2 is 2.05 bits per heavy atom. The van der Waals surface area contributed by atoms with Gasteiger partial charge in [-0.2, -0.15) is 0 Å². The Bertz CT molecular complexity index is 697. The summed E-state index contributed by atoms with van der Waals surface area (Å²) in [5.41, 5.74) is 1.40. The molecule has 0 aromatic carbocycles. The van der Waals surface area contributed by atoms with Crippen molar-refractivity contribution in [2.24, 2.45) is 0 Å². The van der Waals surface area contributed by atoms with E-state index in [-0.39, 0.29) is 17.3 Å². The van der Waals surface area contributed by atoms with Crippen molar-refractivity contribution in [2.45, 2.75) is 62.8 Å². The van der Waals surface area contributed by atoms with Crippen molar-refractivity contribution in [1.82, 2.24) is 9.97 Å². The fourth-order valence-corrected chi connectivity index (χ4v) is 4.92. The first-order chi connectivity index (χ1) is 10.6.